The predicted octanol–water partition coefficient (Wildman–Crippen LogP) is 3.51. The first-order chi connectivity index (χ1) is 12.5. The number of hydrogen-bond donors (Lipinski definition) is 0. The van der Waals surface area contributed by atoms with Gasteiger partial charge in [-0.25, -0.2) is 12.1 Å². The molecule has 4 nitrogen and oxygen atoms in total. The quantitative estimate of drug-likeness (QED) is 0.410. The monoisotopic (exact) mass is 450 g/mol. The van der Waals surface area contributed by atoms with Crippen molar-refractivity contribution in [3.8, 4) is 0 Å². The zero-order valence-electron chi connectivity index (χ0n) is 17.4. The van der Waals surface area contributed by atoms with E-state index in [1.54, 1.807) is 0 Å². The SMILES string of the molecule is CCO[Si](C)(OCC)c1cc[cH-]c1.CCO[Si](C)(OCC)c1cc[cH-]c1.[Fe+2]. The molecule has 0 saturated heterocycles. The molecule has 2 aromatic carbocycles. The minimum absolute atomic E-state index is 0. The second-order valence-corrected chi connectivity index (χ2v) is 12.1. The molecule has 0 N–H and O–H groups in total. The minimum Gasteiger partial charge on any atom is -0.400 e. The Morgan fingerprint density at radius 2 is 0.963 bits per heavy atom. The van der Waals surface area contributed by atoms with Crippen molar-refractivity contribution < 1.29 is 34.8 Å². The molecule has 0 atom stereocenters. The van der Waals surface area contributed by atoms with Crippen molar-refractivity contribution in [2.24, 2.45) is 0 Å². The molecule has 154 valence electrons. The van der Waals surface area contributed by atoms with Crippen molar-refractivity contribution >= 4 is 27.5 Å². The van der Waals surface area contributed by atoms with E-state index in [2.05, 4.69) is 37.4 Å². The second-order valence-electron chi connectivity index (χ2n) is 5.97. The van der Waals surface area contributed by atoms with Crippen LogP contribution in [0.1, 0.15) is 27.7 Å². The summed E-state index contributed by atoms with van der Waals surface area (Å²) in [5, 5.41) is 2.44. The molecule has 0 unspecified atom stereocenters. The summed E-state index contributed by atoms with van der Waals surface area (Å²) in [6.07, 6.45) is 0. The van der Waals surface area contributed by atoms with Gasteiger partial charge in [-0.3, -0.25) is 0 Å². The van der Waals surface area contributed by atoms with Crippen molar-refractivity contribution in [3.05, 3.63) is 48.5 Å². The van der Waals surface area contributed by atoms with Crippen molar-refractivity contribution in [1.82, 2.24) is 0 Å². The molecule has 0 spiro atoms. The van der Waals surface area contributed by atoms with Gasteiger partial charge in [0, 0.05) is 26.4 Å². The largest absolute Gasteiger partial charge is 2.00 e. The van der Waals surface area contributed by atoms with Crippen LogP contribution in [0.25, 0.3) is 0 Å². The fourth-order valence-corrected chi connectivity index (χ4v) is 7.50. The molecule has 0 amide bonds. The fourth-order valence-electron chi connectivity index (χ4n) is 2.87. The summed E-state index contributed by atoms with van der Waals surface area (Å²) in [6, 6.07) is 16.4. The van der Waals surface area contributed by atoms with Crippen molar-refractivity contribution in [3.63, 3.8) is 0 Å². The Bertz CT molecular complexity index is 509. The Morgan fingerprint density at radius 1 is 0.667 bits per heavy atom. The van der Waals surface area contributed by atoms with E-state index in [4.69, 9.17) is 17.7 Å². The first-order valence-corrected chi connectivity index (χ1v) is 14.1. The van der Waals surface area contributed by atoms with Crippen molar-refractivity contribution in [2.75, 3.05) is 26.4 Å². The van der Waals surface area contributed by atoms with Crippen LogP contribution in [0.2, 0.25) is 13.1 Å². The van der Waals surface area contributed by atoms with Gasteiger partial charge in [-0.2, -0.15) is 46.8 Å². The molecular formula is C20H34FeO4Si2. The van der Waals surface area contributed by atoms with Crippen molar-refractivity contribution in [2.45, 2.75) is 40.8 Å². The fraction of sp³-hybridized carbons (Fsp3) is 0.500. The van der Waals surface area contributed by atoms with E-state index in [-0.39, 0.29) is 17.1 Å². The molecule has 0 aliphatic heterocycles. The first-order valence-electron chi connectivity index (χ1n) is 9.45. The van der Waals surface area contributed by atoms with Gasteiger partial charge in [-0.05, 0) is 40.8 Å². The van der Waals surface area contributed by atoms with E-state index in [0.717, 1.165) is 0 Å². The molecule has 2 rings (SSSR count). The Labute approximate surface area is 177 Å². The van der Waals surface area contributed by atoms with Crippen LogP contribution in [-0.4, -0.2) is 43.5 Å². The molecule has 0 aliphatic rings. The summed E-state index contributed by atoms with van der Waals surface area (Å²) in [5.41, 5.74) is 0. The summed E-state index contributed by atoms with van der Waals surface area (Å²) >= 11 is 0. The summed E-state index contributed by atoms with van der Waals surface area (Å²) in [5.74, 6) is 0. The summed E-state index contributed by atoms with van der Waals surface area (Å²) in [7, 11) is -4.15. The molecule has 0 heterocycles. The van der Waals surface area contributed by atoms with Crippen LogP contribution in [0.4, 0.5) is 0 Å². The Morgan fingerprint density at radius 3 is 1.15 bits per heavy atom. The van der Waals surface area contributed by atoms with Crippen LogP contribution in [0, 0.1) is 0 Å². The topological polar surface area (TPSA) is 36.9 Å². The van der Waals surface area contributed by atoms with Crippen LogP contribution in [0.15, 0.2) is 48.5 Å². The van der Waals surface area contributed by atoms with Gasteiger partial charge < -0.3 is 17.7 Å². The third-order valence-electron chi connectivity index (χ3n) is 4.05. The van der Waals surface area contributed by atoms with E-state index in [0.29, 0.717) is 26.4 Å². The standard InChI is InChI=1S/2C10H17O2Si.Fe/c2*1-4-11-13(3,12-5-2)10-8-6-7-9-10;/h2*6-9H,4-5H2,1-3H3;/q2*-1;+2. The molecule has 0 bridgehead atoms. The minimum atomic E-state index is -2.07. The van der Waals surface area contributed by atoms with Gasteiger partial charge in [-0.15, -0.1) is 0 Å². The average molecular weight is 451 g/mol. The molecule has 0 aliphatic carbocycles. The molecular weight excluding hydrogens is 416 g/mol. The zero-order valence-corrected chi connectivity index (χ0v) is 20.5. The predicted molar refractivity (Wildman–Crippen MR) is 113 cm³/mol. The zero-order chi connectivity index (χ0) is 19.5. The van der Waals surface area contributed by atoms with Gasteiger partial charge in [0.2, 0.25) is 0 Å². The molecule has 0 radical (unpaired) electrons. The van der Waals surface area contributed by atoms with Gasteiger partial charge >= 0.3 is 17.1 Å². The number of rotatable bonds is 10. The van der Waals surface area contributed by atoms with E-state index >= 15 is 0 Å². The molecule has 2 aromatic rings. The summed E-state index contributed by atoms with van der Waals surface area (Å²) in [6.45, 7) is 15.1. The van der Waals surface area contributed by atoms with Gasteiger partial charge in [0.15, 0.2) is 0 Å². The van der Waals surface area contributed by atoms with Gasteiger partial charge in [0.25, 0.3) is 17.1 Å². The molecule has 0 aromatic heterocycles. The summed E-state index contributed by atoms with van der Waals surface area (Å²) < 4.78 is 22.9. The van der Waals surface area contributed by atoms with Gasteiger partial charge in [0.05, 0.1) is 0 Å². The van der Waals surface area contributed by atoms with E-state index in [9.17, 15) is 0 Å². The Hall–Kier alpha value is -0.507. The maximum absolute atomic E-state index is 5.73. The van der Waals surface area contributed by atoms with Crippen LogP contribution in [0.5, 0.6) is 0 Å². The number of hydrogen-bond acceptors (Lipinski definition) is 4. The molecule has 7 heteroatoms. The van der Waals surface area contributed by atoms with Crippen LogP contribution in [0.3, 0.4) is 0 Å². The van der Waals surface area contributed by atoms with E-state index in [1.165, 1.54) is 10.4 Å². The third kappa shape index (κ3) is 8.17. The molecule has 0 saturated carbocycles. The maximum Gasteiger partial charge on any atom is 2.00 e. The second kappa shape index (κ2) is 13.6. The van der Waals surface area contributed by atoms with Gasteiger partial charge in [0.1, 0.15) is 0 Å². The van der Waals surface area contributed by atoms with Crippen LogP contribution >= 0.6 is 0 Å². The van der Waals surface area contributed by atoms with E-state index < -0.39 is 17.1 Å². The molecule has 27 heavy (non-hydrogen) atoms. The average Bonchev–Trinajstić information content (AvgIpc) is 3.31. The smallest absolute Gasteiger partial charge is 0.400 e. The normalized spacial score (nSPS) is 11.5. The van der Waals surface area contributed by atoms with Crippen LogP contribution in [-0.2, 0) is 34.8 Å². The van der Waals surface area contributed by atoms with Gasteiger partial charge in [-0.1, -0.05) is 0 Å². The Kier molecular flexibility index (Phi) is 13.4. The van der Waals surface area contributed by atoms with Crippen LogP contribution < -0.4 is 10.4 Å². The first kappa shape index (κ1) is 26.5. The maximum atomic E-state index is 5.73. The Balaban J connectivity index is 0.000000483. The van der Waals surface area contributed by atoms with Crippen molar-refractivity contribution in [1.29, 1.82) is 0 Å². The summed E-state index contributed by atoms with van der Waals surface area (Å²) in [4.78, 5) is 0. The van der Waals surface area contributed by atoms with E-state index in [1.807, 2.05) is 52.0 Å². The third-order valence-corrected chi connectivity index (χ3v) is 10.2. The molecule has 0 fully saturated rings.